The molecule has 0 bridgehead atoms. The molecule has 0 saturated carbocycles. The number of amides is 1. The van der Waals surface area contributed by atoms with Crippen LogP contribution in [0.5, 0.6) is 5.75 Å². The average Bonchev–Trinajstić information content (AvgIpc) is 2.78. The van der Waals surface area contributed by atoms with Crippen LogP contribution < -0.4 is 10.1 Å². The van der Waals surface area contributed by atoms with Crippen molar-refractivity contribution < 1.29 is 27.8 Å². The number of carbonyl (C=O) groups excluding carboxylic acids is 1. The third kappa shape index (κ3) is 6.33. The lowest BCUT2D eigenvalue weighted by Gasteiger charge is -2.17. The largest absolute Gasteiger partial charge is 0.488 e. The number of benzene rings is 3. The lowest BCUT2D eigenvalue weighted by atomic mass is 9.99. The highest BCUT2D eigenvalue weighted by Gasteiger charge is 2.17. The summed E-state index contributed by atoms with van der Waals surface area (Å²) in [5.41, 5.74) is 1.17. The minimum atomic E-state index is -0.565. The molecule has 1 atom stereocenters. The van der Waals surface area contributed by atoms with Gasteiger partial charge in [-0.05, 0) is 60.0 Å². The number of nitrogens with one attached hydrogen (secondary N) is 1. The molecule has 0 heterocycles. The number of para-hydroxylation sites is 1. The first-order valence-corrected chi connectivity index (χ1v) is 9.75. The number of carbonyl (C=O) groups is 1. The monoisotopic (exact) mass is 429 g/mol. The maximum atomic E-state index is 13.9. The Bertz CT molecular complexity index is 1020. The number of hydrogen-bond donors (Lipinski definition) is 2. The third-order valence-corrected chi connectivity index (χ3v) is 4.77. The Hall–Kier alpha value is -3.32. The second-order valence-electron chi connectivity index (χ2n) is 7.11. The van der Waals surface area contributed by atoms with Crippen molar-refractivity contribution in [2.45, 2.75) is 13.0 Å². The molecule has 3 aromatic rings. The van der Waals surface area contributed by atoms with Gasteiger partial charge in [0.2, 0.25) is 0 Å². The smallest absolute Gasteiger partial charge is 0.255 e. The molecule has 7 heteroatoms. The van der Waals surface area contributed by atoms with Gasteiger partial charge in [-0.15, -0.1) is 0 Å². The molecule has 3 aromatic carbocycles. The summed E-state index contributed by atoms with van der Waals surface area (Å²) in [5, 5.41) is 12.3. The highest BCUT2D eigenvalue weighted by atomic mass is 19.1. The second-order valence-corrected chi connectivity index (χ2v) is 7.11. The lowest BCUT2D eigenvalue weighted by Crippen LogP contribution is -2.32. The highest BCUT2D eigenvalue weighted by molar-refractivity contribution is 5.96. The summed E-state index contributed by atoms with van der Waals surface area (Å²) in [5.74, 6) is -2.04. The molecule has 0 saturated heterocycles. The molecule has 0 aromatic heterocycles. The lowest BCUT2D eigenvalue weighted by molar-refractivity contribution is 0.0935. The zero-order valence-electron chi connectivity index (χ0n) is 16.7. The average molecular weight is 429 g/mol. The first-order chi connectivity index (χ1) is 15.0. The van der Waals surface area contributed by atoms with Gasteiger partial charge >= 0.3 is 0 Å². The minimum absolute atomic E-state index is 0.0670. The van der Waals surface area contributed by atoms with Gasteiger partial charge in [0.15, 0.2) is 0 Å². The van der Waals surface area contributed by atoms with Crippen LogP contribution in [0.25, 0.3) is 0 Å². The molecule has 2 N–H and O–H groups in total. The molecule has 0 spiro atoms. The Morgan fingerprint density at radius 1 is 0.968 bits per heavy atom. The van der Waals surface area contributed by atoms with Crippen LogP contribution in [-0.2, 0) is 13.0 Å². The molecular formula is C24H22F3NO3. The summed E-state index contributed by atoms with van der Waals surface area (Å²) in [4.78, 5) is 12.7. The number of aliphatic hydroxyl groups is 1. The Morgan fingerprint density at radius 3 is 2.42 bits per heavy atom. The van der Waals surface area contributed by atoms with Gasteiger partial charge in [0.1, 0.15) is 29.8 Å². The summed E-state index contributed by atoms with van der Waals surface area (Å²) < 4.78 is 46.0. The molecule has 162 valence electrons. The predicted molar refractivity (Wildman–Crippen MR) is 110 cm³/mol. The van der Waals surface area contributed by atoms with Crippen molar-refractivity contribution in [1.29, 1.82) is 0 Å². The van der Waals surface area contributed by atoms with Gasteiger partial charge in [-0.2, -0.15) is 0 Å². The molecule has 31 heavy (non-hydrogen) atoms. The van der Waals surface area contributed by atoms with Gasteiger partial charge in [0.05, 0.1) is 5.56 Å². The SMILES string of the molecule is O=C(NC[C@H](CO)Cc1cc(F)ccc1F)c1ccccc1OCc1ccc(F)cc1. The quantitative estimate of drug-likeness (QED) is 0.534. The predicted octanol–water partition coefficient (Wildman–Crippen LogP) is 4.26. The van der Waals surface area contributed by atoms with Gasteiger partial charge < -0.3 is 15.2 Å². The summed E-state index contributed by atoms with van der Waals surface area (Å²) >= 11 is 0. The molecule has 4 nitrogen and oxygen atoms in total. The molecule has 0 aliphatic heterocycles. The van der Waals surface area contributed by atoms with Crippen LogP contribution in [0.1, 0.15) is 21.5 Å². The zero-order chi connectivity index (χ0) is 22.2. The Morgan fingerprint density at radius 2 is 1.68 bits per heavy atom. The Balaban J connectivity index is 1.61. The topological polar surface area (TPSA) is 58.6 Å². The minimum Gasteiger partial charge on any atom is -0.488 e. The fourth-order valence-corrected chi connectivity index (χ4v) is 3.07. The van der Waals surface area contributed by atoms with E-state index in [4.69, 9.17) is 4.74 Å². The van der Waals surface area contributed by atoms with Crippen molar-refractivity contribution >= 4 is 5.91 Å². The number of halogens is 3. The Kier molecular flexibility index (Phi) is 7.67. The number of hydrogen-bond acceptors (Lipinski definition) is 3. The number of ether oxygens (including phenoxy) is 1. The van der Waals surface area contributed by atoms with Gasteiger partial charge in [0, 0.05) is 19.1 Å². The van der Waals surface area contributed by atoms with E-state index in [2.05, 4.69) is 5.32 Å². The van der Waals surface area contributed by atoms with E-state index in [-0.39, 0.29) is 37.6 Å². The molecule has 3 rings (SSSR count). The van der Waals surface area contributed by atoms with E-state index in [0.717, 1.165) is 23.8 Å². The fourth-order valence-electron chi connectivity index (χ4n) is 3.07. The standard InChI is InChI=1S/C24H22F3NO3/c25-19-7-5-16(6-8-19)15-31-23-4-2-1-3-21(23)24(30)28-13-17(14-29)11-18-12-20(26)9-10-22(18)27/h1-10,12,17,29H,11,13-15H2,(H,28,30)/t17-/m1/s1. The zero-order valence-corrected chi connectivity index (χ0v) is 16.7. The van der Waals surface area contributed by atoms with Crippen molar-refractivity contribution in [3.63, 3.8) is 0 Å². The summed E-state index contributed by atoms with van der Waals surface area (Å²) in [6.07, 6.45) is 0.0725. The van der Waals surface area contributed by atoms with Gasteiger partial charge in [-0.25, -0.2) is 13.2 Å². The maximum Gasteiger partial charge on any atom is 0.255 e. The van der Waals surface area contributed by atoms with E-state index in [9.17, 15) is 23.1 Å². The molecule has 0 aliphatic rings. The van der Waals surface area contributed by atoms with Crippen LogP contribution in [0.15, 0.2) is 66.7 Å². The summed E-state index contributed by atoms with van der Waals surface area (Å²) in [6.45, 7) is -0.0841. The van der Waals surface area contributed by atoms with E-state index < -0.39 is 23.5 Å². The highest BCUT2D eigenvalue weighted by Crippen LogP contribution is 2.20. The van der Waals surface area contributed by atoms with Crippen molar-refractivity contribution in [2.75, 3.05) is 13.2 Å². The van der Waals surface area contributed by atoms with Crippen LogP contribution in [0.4, 0.5) is 13.2 Å². The van der Waals surface area contributed by atoms with E-state index in [1.165, 1.54) is 12.1 Å². The van der Waals surface area contributed by atoms with Crippen LogP contribution in [0.3, 0.4) is 0 Å². The van der Waals surface area contributed by atoms with Crippen molar-refractivity contribution in [1.82, 2.24) is 5.32 Å². The maximum absolute atomic E-state index is 13.9. The van der Waals surface area contributed by atoms with Crippen molar-refractivity contribution in [2.24, 2.45) is 5.92 Å². The fraction of sp³-hybridized carbons (Fsp3) is 0.208. The van der Waals surface area contributed by atoms with Crippen LogP contribution in [0.2, 0.25) is 0 Å². The van der Waals surface area contributed by atoms with E-state index >= 15 is 0 Å². The molecule has 0 unspecified atom stereocenters. The molecule has 1 amide bonds. The molecular weight excluding hydrogens is 407 g/mol. The van der Waals surface area contributed by atoms with Gasteiger partial charge in [-0.1, -0.05) is 24.3 Å². The molecule has 0 aliphatic carbocycles. The summed E-state index contributed by atoms with van der Waals surface area (Å²) in [7, 11) is 0. The second kappa shape index (κ2) is 10.6. The van der Waals surface area contributed by atoms with Crippen LogP contribution in [0, 0.1) is 23.4 Å². The number of rotatable bonds is 9. The third-order valence-electron chi connectivity index (χ3n) is 4.77. The first-order valence-electron chi connectivity index (χ1n) is 9.75. The van der Waals surface area contributed by atoms with E-state index in [0.29, 0.717) is 11.3 Å². The van der Waals surface area contributed by atoms with Crippen molar-refractivity contribution in [3.8, 4) is 5.75 Å². The van der Waals surface area contributed by atoms with Crippen LogP contribution >= 0.6 is 0 Å². The van der Waals surface area contributed by atoms with Crippen molar-refractivity contribution in [3.05, 3.63) is 101 Å². The van der Waals surface area contributed by atoms with E-state index in [1.807, 2.05) is 0 Å². The van der Waals surface area contributed by atoms with Gasteiger partial charge in [-0.3, -0.25) is 4.79 Å². The van der Waals surface area contributed by atoms with Crippen LogP contribution in [-0.4, -0.2) is 24.2 Å². The van der Waals surface area contributed by atoms with Gasteiger partial charge in [0.25, 0.3) is 5.91 Å². The molecule has 0 radical (unpaired) electrons. The molecule has 0 fully saturated rings. The normalized spacial score (nSPS) is 11.7. The summed E-state index contributed by atoms with van der Waals surface area (Å²) in [6, 6.07) is 15.6. The number of aliphatic hydroxyl groups excluding tert-OH is 1. The first kappa shape index (κ1) is 22.4. The van der Waals surface area contributed by atoms with E-state index in [1.54, 1.807) is 36.4 Å². The Labute approximate surface area is 178 Å².